The van der Waals surface area contributed by atoms with Crippen molar-refractivity contribution in [1.82, 2.24) is 4.90 Å². The lowest BCUT2D eigenvalue weighted by Gasteiger charge is -2.28. The van der Waals surface area contributed by atoms with Gasteiger partial charge in [-0.15, -0.1) is 11.3 Å². The maximum Gasteiger partial charge on any atom is 0.247 e. The van der Waals surface area contributed by atoms with Crippen LogP contribution in [-0.2, 0) is 4.79 Å². The summed E-state index contributed by atoms with van der Waals surface area (Å²) in [6, 6.07) is 24.1. The SMILES string of the molecule is CN(C(=O)C=Cc1cccs1)C(c1ccccc1)c1ccccc1. The molecule has 0 aliphatic carbocycles. The topological polar surface area (TPSA) is 20.3 Å². The maximum absolute atomic E-state index is 12.7. The summed E-state index contributed by atoms with van der Waals surface area (Å²) in [6.45, 7) is 0. The molecular formula is C21H19NOS. The predicted octanol–water partition coefficient (Wildman–Crippen LogP) is 5.01. The van der Waals surface area contributed by atoms with Crippen molar-refractivity contribution in [2.75, 3.05) is 7.05 Å². The molecule has 0 saturated heterocycles. The van der Waals surface area contributed by atoms with Gasteiger partial charge in [0.15, 0.2) is 0 Å². The molecule has 0 aliphatic rings. The molecule has 0 unspecified atom stereocenters. The Balaban J connectivity index is 1.89. The van der Waals surface area contributed by atoms with Crippen LogP contribution in [0.3, 0.4) is 0 Å². The Morgan fingerprint density at radius 3 is 2.00 bits per heavy atom. The van der Waals surface area contributed by atoms with Crippen molar-refractivity contribution in [3.8, 4) is 0 Å². The van der Waals surface area contributed by atoms with E-state index in [4.69, 9.17) is 0 Å². The molecule has 0 N–H and O–H groups in total. The number of carbonyl (C=O) groups excluding carboxylic acids is 1. The van der Waals surface area contributed by atoms with Gasteiger partial charge in [-0.3, -0.25) is 4.79 Å². The molecule has 120 valence electrons. The molecule has 2 aromatic carbocycles. The first-order valence-corrected chi connectivity index (χ1v) is 8.72. The highest BCUT2D eigenvalue weighted by atomic mass is 32.1. The number of benzene rings is 2. The van der Waals surface area contributed by atoms with Crippen molar-refractivity contribution in [3.05, 3.63) is 100 Å². The molecule has 24 heavy (non-hydrogen) atoms. The highest BCUT2D eigenvalue weighted by molar-refractivity contribution is 7.10. The second-order valence-corrected chi connectivity index (χ2v) is 6.50. The van der Waals surface area contributed by atoms with E-state index in [0.717, 1.165) is 16.0 Å². The lowest BCUT2D eigenvalue weighted by Crippen LogP contribution is -2.30. The van der Waals surface area contributed by atoms with Gasteiger partial charge in [-0.05, 0) is 28.6 Å². The first kappa shape index (κ1) is 16.2. The molecule has 0 spiro atoms. The van der Waals surface area contributed by atoms with E-state index < -0.39 is 0 Å². The molecule has 0 saturated carbocycles. The summed E-state index contributed by atoms with van der Waals surface area (Å²) in [6.07, 6.45) is 3.52. The van der Waals surface area contributed by atoms with Gasteiger partial charge >= 0.3 is 0 Å². The second-order valence-electron chi connectivity index (χ2n) is 5.52. The number of nitrogens with zero attached hydrogens (tertiary/aromatic N) is 1. The van der Waals surface area contributed by atoms with Crippen LogP contribution in [0.25, 0.3) is 6.08 Å². The molecule has 1 heterocycles. The highest BCUT2D eigenvalue weighted by Crippen LogP contribution is 2.27. The Morgan fingerprint density at radius 1 is 0.917 bits per heavy atom. The second kappa shape index (κ2) is 7.75. The number of thiophene rings is 1. The molecule has 1 aromatic heterocycles. The highest BCUT2D eigenvalue weighted by Gasteiger charge is 2.21. The minimum absolute atomic E-state index is 0.0129. The van der Waals surface area contributed by atoms with Crippen LogP contribution in [0.4, 0.5) is 0 Å². The van der Waals surface area contributed by atoms with Crippen molar-refractivity contribution in [1.29, 1.82) is 0 Å². The van der Waals surface area contributed by atoms with Crippen molar-refractivity contribution in [2.45, 2.75) is 6.04 Å². The zero-order valence-electron chi connectivity index (χ0n) is 13.5. The van der Waals surface area contributed by atoms with Crippen molar-refractivity contribution in [3.63, 3.8) is 0 Å². The number of amides is 1. The number of hydrogen-bond donors (Lipinski definition) is 0. The lowest BCUT2D eigenvalue weighted by atomic mass is 9.97. The fourth-order valence-electron chi connectivity index (χ4n) is 2.69. The normalized spacial score (nSPS) is 11.1. The number of likely N-dealkylation sites (N-methyl/N-ethyl adjacent to an activating group) is 1. The zero-order valence-corrected chi connectivity index (χ0v) is 14.3. The Morgan fingerprint density at radius 2 is 1.50 bits per heavy atom. The van der Waals surface area contributed by atoms with E-state index in [1.54, 1.807) is 22.3 Å². The quantitative estimate of drug-likeness (QED) is 0.601. The molecule has 3 heteroatoms. The Labute approximate surface area is 146 Å². The molecule has 0 aliphatic heterocycles. The summed E-state index contributed by atoms with van der Waals surface area (Å²) in [5, 5.41) is 2.00. The first-order valence-electron chi connectivity index (χ1n) is 7.84. The van der Waals surface area contributed by atoms with Gasteiger partial charge in [-0.25, -0.2) is 0 Å². The van der Waals surface area contributed by atoms with Crippen LogP contribution in [0.2, 0.25) is 0 Å². The standard InChI is InChI=1S/C21H19NOS/c1-22(20(23)15-14-19-13-8-16-24-19)21(17-9-4-2-5-10-17)18-11-6-3-7-12-18/h2-16,21H,1H3. The van der Waals surface area contributed by atoms with Gasteiger partial charge in [-0.2, -0.15) is 0 Å². The Bertz CT molecular complexity index is 755. The van der Waals surface area contributed by atoms with Gasteiger partial charge in [0.1, 0.15) is 0 Å². The average Bonchev–Trinajstić information content (AvgIpc) is 3.15. The number of carbonyl (C=O) groups is 1. The molecule has 0 atom stereocenters. The van der Waals surface area contributed by atoms with E-state index in [-0.39, 0.29) is 11.9 Å². The summed E-state index contributed by atoms with van der Waals surface area (Å²) >= 11 is 1.62. The maximum atomic E-state index is 12.7. The van der Waals surface area contributed by atoms with E-state index in [0.29, 0.717) is 0 Å². The molecule has 2 nitrogen and oxygen atoms in total. The minimum atomic E-state index is -0.104. The summed E-state index contributed by atoms with van der Waals surface area (Å²) < 4.78 is 0. The lowest BCUT2D eigenvalue weighted by molar-refractivity contribution is -0.126. The van der Waals surface area contributed by atoms with Crippen LogP contribution < -0.4 is 0 Å². The van der Waals surface area contributed by atoms with Crippen LogP contribution in [0, 0.1) is 0 Å². The third-order valence-corrected chi connectivity index (χ3v) is 4.74. The number of rotatable bonds is 5. The Hall–Kier alpha value is -2.65. The minimum Gasteiger partial charge on any atom is -0.331 e. The van der Waals surface area contributed by atoms with Gasteiger partial charge in [0.25, 0.3) is 0 Å². The monoisotopic (exact) mass is 333 g/mol. The summed E-state index contributed by atoms with van der Waals surface area (Å²) in [5.74, 6) is -0.0129. The molecule has 0 bridgehead atoms. The van der Waals surface area contributed by atoms with E-state index in [1.165, 1.54) is 0 Å². The molecule has 3 aromatic rings. The summed E-state index contributed by atoms with van der Waals surface area (Å²) in [7, 11) is 1.85. The third kappa shape index (κ3) is 3.81. The summed E-state index contributed by atoms with van der Waals surface area (Å²) in [5.41, 5.74) is 2.20. The Kier molecular flexibility index (Phi) is 5.24. The third-order valence-electron chi connectivity index (χ3n) is 3.90. The van der Waals surface area contributed by atoms with Gasteiger partial charge in [0, 0.05) is 18.0 Å². The fourth-order valence-corrected chi connectivity index (χ4v) is 3.31. The molecule has 0 radical (unpaired) electrons. The van der Waals surface area contributed by atoms with Gasteiger partial charge in [0.05, 0.1) is 6.04 Å². The molecular weight excluding hydrogens is 314 g/mol. The van der Waals surface area contributed by atoms with Gasteiger partial charge in [0.2, 0.25) is 5.91 Å². The van der Waals surface area contributed by atoms with E-state index in [1.807, 2.05) is 67.0 Å². The zero-order chi connectivity index (χ0) is 16.8. The van der Waals surface area contributed by atoms with Crippen molar-refractivity contribution >= 4 is 23.3 Å². The largest absolute Gasteiger partial charge is 0.331 e. The number of hydrogen-bond acceptors (Lipinski definition) is 2. The average molecular weight is 333 g/mol. The van der Waals surface area contributed by atoms with E-state index in [2.05, 4.69) is 24.3 Å². The first-order chi connectivity index (χ1) is 11.8. The van der Waals surface area contributed by atoms with Crippen LogP contribution in [0.15, 0.2) is 84.3 Å². The van der Waals surface area contributed by atoms with E-state index in [9.17, 15) is 4.79 Å². The van der Waals surface area contributed by atoms with Gasteiger partial charge < -0.3 is 4.90 Å². The molecule has 0 fully saturated rings. The van der Waals surface area contributed by atoms with Crippen LogP contribution in [0.1, 0.15) is 22.0 Å². The fraction of sp³-hybridized carbons (Fsp3) is 0.0952. The van der Waals surface area contributed by atoms with E-state index >= 15 is 0 Å². The van der Waals surface area contributed by atoms with Crippen LogP contribution in [-0.4, -0.2) is 17.9 Å². The molecule has 3 rings (SSSR count). The van der Waals surface area contributed by atoms with Crippen LogP contribution in [0.5, 0.6) is 0 Å². The summed E-state index contributed by atoms with van der Waals surface area (Å²) in [4.78, 5) is 15.5. The van der Waals surface area contributed by atoms with Crippen molar-refractivity contribution in [2.24, 2.45) is 0 Å². The van der Waals surface area contributed by atoms with Crippen LogP contribution >= 0.6 is 11.3 Å². The van der Waals surface area contributed by atoms with Crippen molar-refractivity contribution < 1.29 is 4.79 Å². The smallest absolute Gasteiger partial charge is 0.247 e. The predicted molar refractivity (Wildman–Crippen MR) is 101 cm³/mol. The van der Waals surface area contributed by atoms with Gasteiger partial charge in [-0.1, -0.05) is 66.7 Å². The molecule has 1 amide bonds.